The third-order valence-corrected chi connectivity index (χ3v) is 5.42. The maximum Gasteiger partial charge on any atom is 0.316 e. The predicted molar refractivity (Wildman–Crippen MR) is 94.8 cm³/mol. The van der Waals surface area contributed by atoms with Crippen molar-refractivity contribution in [3.05, 3.63) is 23.5 Å². The molecule has 1 atom stereocenters. The van der Waals surface area contributed by atoms with Crippen molar-refractivity contribution in [2.24, 2.45) is 5.92 Å². The lowest BCUT2D eigenvalue weighted by Gasteiger charge is -2.37. The molecule has 0 aromatic heterocycles. The topological polar surface area (TPSA) is 64.1 Å². The number of rotatable bonds is 3. The fourth-order valence-electron chi connectivity index (χ4n) is 3.79. The molecule has 26 heavy (non-hydrogen) atoms. The third-order valence-electron chi connectivity index (χ3n) is 5.42. The molecule has 1 saturated heterocycles. The van der Waals surface area contributed by atoms with Gasteiger partial charge in [-0.15, -0.1) is 0 Å². The normalized spacial score (nSPS) is 22.8. The molecule has 3 aliphatic rings. The second-order valence-electron chi connectivity index (χ2n) is 7.06. The molecule has 7 heteroatoms. The van der Waals surface area contributed by atoms with Crippen LogP contribution < -0.4 is 9.80 Å². The highest BCUT2D eigenvalue weighted by molar-refractivity contribution is 6.13. The van der Waals surface area contributed by atoms with Crippen LogP contribution in [0.15, 0.2) is 12.1 Å². The molecule has 2 fully saturated rings. The van der Waals surface area contributed by atoms with Crippen LogP contribution in [0.2, 0.25) is 0 Å². The number of benzene rings is 1. The van der Waals surface area contributed by atoms with E-state index < -0.39 is 23.5 Å². The Balaban J connectivity index is 1.70. The number of hydrogen-bond donors (Lipinski definition) is 1. The first-order valence-corrected chi connectivity index (χ1v) is 8.83. The number of carbonyl (C=O) groups is 2. The van der Waals surface area contributed by atoms with Gasteiger partial charge in [-0.25, -0.2) is 4.39 Å². The van der Waals surface area contributed by atoms with Gasteiger partial charge in [0.25, 0.3) is 0 Å². The SMILES string of the molecule is C#CN1CCN(c2cc3c(cc2F)C(=O)C(C(=O)O)CN3C2CC2)CC1. The van der Waals surface area contributed by atoms with Crippen LogP contribution in [0.3, 0.4) is 0 Å². The van der Waals surface area contributed by atoms with Gasteiger partial charge in [-0.3, -0.25) is 9.59 Å². The molecule has 6 nitrogen and oxygen atoms in total. The van der Waals surface area contributed by atoms with E-state index in [1.54, 1.807) is 6.07 Å². The van der Waals surface area contributed by atoms with Crippen LogP contribution in [-0.2, 0) is 4.79 Å². The van der Waals surface area contributed by atoms with E-state index in [1.165, 1.54) is 6.07 Å². The summed E-state index contributed by atoms with van der Waals surface area (Å²) in [6.07, 6.45) is 7.34. The molecule has 136 valence electrons. The standard InChI is InChI=1S/C19H20FN3O3/c1-2-21-5-7-22(8-6-21)17-10-16-13(9-15(17)20)18(24)14(19(25)26)11-23(16)12-3-4-12/h1,9-10,12,14H,3-8,11H2,(H,25,26). The number of ketones is 1. The van der Waals surface area contributed by atoms with E-state index in [-0.39, 0.29) is 18.2 Å². The smallest absolute Gasteiger partial charge is 0.316 e. The molecule has 1 aromatic carbocycles. The van der Waals surface area contributed by atoms with Gasteiger partial charge in [0.15, 0.2) is 5.78 Å². The number of carbonyl (C=O) groups excluding carboxylic acids is 1. The van der Waals surface area contributed by atoms with E-state index in [1.807, 2.05) is 14.7 Å². The first kappa shape index (κ1) is 16.7. The second-order valence-corrected chi connectivity index (χ2v) is 7.06. The number of carboxylic acid groups (broad SMARTS) is 1. The zero-order chi connectivity index (χ0) is 18.4. The average molecular weight is 357 g/mol. The molecule has 0 spiro atoms. The van der Waals surface area contributed by atoms with E-state index in [9.17, 15) is 19.1 Å². The molecule has 1 saturated carbocycles. The fraction of sp³-hybridized carbons (Fsp3) is 0.474. The molecule has 1 unspecified atom stereocenters. The minimum Gasteiger partial charge on any atom is -0.481 e. The van der Waals surface area contributed by atoms with Crippen molar-refractivity contribution in [1.29, 1.82) is 0 Å². The quantitative estimate of drug-likeness (QED) is 0.652. The van der Waals surface area contributed by atoms with E-state index in [0.29, 0.717) is 37.6 Å². The number of fused-ring (bicyclic) bond motifs is 1. The van der Waals surface area contributed by atoms with Gasteiger partial charge in [-0.1, -0.05) is 6.42 Å². The maximum absolute atomic E-state index is 14.8. The summed E-state index contributed by atoms with van der Waals surface area (Å²) in [7, 11) is 0. The number of nitrogens with zero attached hydrogens (tertiary/aromatic N) is 3. The predicted octanol–water partition coefficient (Wildman–Crippen LogP) is 1.40. The molecule has 2 heterocycles. The van der Waals surface area contributed by atoms with Crippen LogP contribution >= 0.6 is 0 Å². The summed E-state index contributed by atoms with van der Waals surface area (Å²) in [5.41, 5.74) is 1.29. The monoisotopic (exact) mass is 357 g/mol. The molecule has 2 aliphatic heterocycles. The number of terminal acetylenes is 1. The van der Waals surface area contributed by atoms with Gasteiger partial charge >= 0.3 is 5.97 Å². The largest absolute Gasteiger partial charge is 0.481 e. The van der Waals surface area contributed by atoms with Crippen LogP contribution in [0.5, 0.6) is 0 Å². The minimum absolute atomic E-state index is 0.155. The fourth-order valence-corrected chi connectivity index (χ4v) is 3.79. The first-order chi connectivity index (χ1) is 12.5. The van der Waals surface area contributed by atoms with Crippen LogP contribution in [0.4, 0.5) is 15.8 Å². The van der Waals surface area contributed by atoms with Crippen molar-refractivity contribution in [3.63, 3.8) is 0 Å². The molecule has 1 N–H and O–H groups in total. The number of piperazine rings is 1. The number of carboxylic acids is 1. The zero-order valence-corrected chi connectivity index (χ0v) is 14.3. The van der Waals surface area contributed by atoms with Crippen molar-refractivity contribution >= 4 is 23.1 Å². The molecule has 0 bridgehead atoms. The van der Waals surface area contributed by atoms with Gasteiger partial charge in [0.1, 0.15) is 11.7 Å². The molecular weight excluding hydrogens is 337 g/mol. The number of anilines is 2. The van der Waals surface area contributed by atoms with Crippen molar-refractivity contribution in [3.8, 4) is 12.5 Å². The number of hydrogen-bond acceptors (Lipinski definition) is 5. The lowest BCUT2D eigenvalue weighted by Crippen LogP contribution is -2.46. The summed E-state index contributed by atoms with van der Waals surface area (Å²) in [5.74, 6) is -3.28. The third kappa shape index (κ3) is 2.75. The van der Waals surface area contributed by atoms with E-state index in [2.05, 4.69) is 6.04 Å². The Morgan fingerprint density at radius 2 is 1.88 bits per heavy atom. The van der Waals surface area contributed by atoms with Crippen LogP contribution in [-0.4, -0.2) is 60.5 Å². The Morgan fingerprint density at radius 1 is 1.19 bits per heavy atom. The Bertz CT molecular complexity index is 807. The Labute approximate surface area is 151 Å². The summed E-state index contributed by atoms with van der Waals surface area (Å²) >= 11 is 0. The van der Waals surface area contributed by atoms with E-state index >= 15 is 0 Å². The van der Waals surface area contributed by atoms with Gasteiger partial charge in [-0.2, -0.15) is 0 Å². The van der Waals surface area contributed by atoms with E-state index in [4.69, 9.17) is 6.42 Å². The number of aliphatic carboxylic acids is 1. The summed E-state index contributed by atoms with van der Waals surface area (Å²) in [6.45, 7) is 2.67. The van der Waals surface area contributed by atoms with Crippen molar-refractivity contribution in [1.82, 2.24) is 4.90 Å². The molecular formula is C19H20FN3O3. The minimum atomic E-state index is -1.15. The highest BCUT2D eigenvalue weighted by atomic mass is 19.1. The summed E-state index contributed by atoms with van der Waals surface area (Å²) in [4.78, 5) is 29.8. The highest BCUT2D eigenvalue weighted by Gasteiger charge is 2.42. The Kier molecular flexibility index (Phi) is 3.98. The van der Waals surface area contributed by atoms with Crippen molar-refractivity contribution in [2.75, 3.05) is 42.5 Å². The Hall–Kier alpha value is -2.75. The molecule has 0 radical (unpaired) electrons. The lowest BCUT2D eigenvalue weighted by molar-refractivity contribution is -0.139. The number of halogens is 1. The highest BCUT2D eigenvalue weighted by Crippen LogP contribution is 2.41. The van der Waals surface area contributed by atoms with Crippen molar-refractivity contribution in [2.45, 2.75) is 18.9 Å². The molecule has 1 aliphatic carbocycles. The van der Waals surface area contributed by atoms with Crippen molar-refractivity contribution < 1.29 is 19.1 Å². The molecule has 0 amide bonds. The van der Waals surface area contributed by atoms with Gasteiger partial charge in [-0.05, 0) is 25.0 Å². The van der Waals surface area contributed by atoms with Gasteiger partial charge in [0.2, 0.25) is 0 Å². The average Bonchev–Trinajstić information content (AvgIpc) is 3.47. The number of Topliss-reactive ketones (excluding diaryl/α,β-unsaturated/α-hetero) is 1. The first-order valence-electron chi connectivity index (χ1n) is 8.83. The lowest BCUT2D eigenvalue weighted by atomic mass is 9.90. The summed E-state index contributed by atoms with van der Waals surface area (Å²) < 4.78 is 14.8. The molecule has 1 aromatic rings. The van der Waals surface area contributed by atoms with Gasteiger partial charge < -0.3 is 19.8 Å². The van der Waals surface area contributed by atoms with Crippen LogP contribution in [0.1, 0.15) is 23.2 Å². The van der Waals surface area contributed by atoms with E-state index in [0.717, 1.165) is 12.8 Å². The summed E-state index contributed by atoms with van der Waals surface area (Å²) in [6, 6.07) is 5.76. The second kappa shape index (κ2) is 6.20. The van der Waals surface area contributed by atoms with Gasteiger partial charge in [0.05, 0.1) is 11.4 Å². The zero-order valence-electron chi connectivity index (χ0n) is 14.3. The molecule has 4 rings (SSSR count). The van der Waals surface area contributed by atoms with Crippen LogP contribution in [0.25, 0.3) is 0 Å². The van der Waals surface area contributed by atoms with Crippen LogP contribution in [0, 0.1) is 24.2 Å². The maximum atomic E-state index is 14.8. The summed E-state index contributed by atoms with van der Waals surface area (Å²) in [5, 5.41) is 9.36. The Morgan fingerprint density at radius 3 is 2.46 bits per heavy atom. The van der Waals surface area contributed by atoms with Gasteiger partial charge in [0, 0.05) is 50.4 Å².